The number of nitrogens with zero attached hydrogens (tertiary/aromatic N) is 2. The lowest BCUT2D eigenvalue weighted by Crippen LogP contribution is -2.57. The van der Waals surface area contributed by atoms with Gasteiger partial charge in [0.15, 0.2) is 0 Å². The van der Waals surface area contributed by atoms with Crippen LogP contribution in [0, 0.1) is 5.92 Å². The van der Waals surface area contributed by atoms with Crippen LogP contribution in [0.25, 0.3) is 0 Å². The van der Waals surface area contributed by atoms with E-state index in [-0.39, 0.29) is 24.2 Å². The van der Waals surface area contributed by atoms with Crippen molar-refractivity contribution in [1.82, 2.24) is 9.80 Å². The van der Waals surface area contributed by atoms with Gasteiger partial charge in [0.05, 0.1) is 18.6 Å². The third-order valence-electron chi connectivity index (χ3n) is 7.23. The Bertz CT molecular complexity index is 896. The third kappa shape index (κ3) is 4.22. The fourth-order valence-corrected chi connectivity index (χ4v) is 5.54. The van der Waals surface area contributed by atoms with Gasteiger partial charge in [0.2, 0.25) is 5.91 Å². The van der Waals surface area contributed by atoms with E-state index in [4.69, 9.17) is 4.74 Å². The number of amides is 1. The smallest absolute Gasteiger partial charge is 0.311 e. The average molecular weight is 433 g/mol. The zero-order valence-corrected chi connectivity index (χ0v) is 18.8. The highest BCUT2D eigenvalue weighted by Crippen LogP contribution is 2.44. The Balaban J connectivity index is 1.54. The first kappa shape index (κ1) is 22.3. The van der Waals surface area contributed by atoms with E-state index in [0.717, 1.165) is 32.5 Å². The molecule has 0 aromatic heterocycles. The highest BCUT2D eigenvalue weighted by Gasteiger charge is 2.56. The number of carbonyl (C=O) groups excluding carboxylic acids is 2. The molecule has 4 rings (SSSR count). The van der Waals surface area contributed by atoms with E-state index in [1.165, 1.54) is 18.2 Å². The maximum atomic E-state index is 12.8. The molecule has 2 saturated heterocycles. The third-order valence-corrected chi connectivity index (χ3v) is 7.23. The predicted molar refractivity (Wildman–Crippen MR) is 125 cm³/mol. The Hall–Kier alpha value is -2.92. The number of likely N-dealkylation sites (tertiary alicyclic amines) is 2. The molecule has 168 valence electrons. The summed E-state index contributed by atoms with van der Waals surface area (Å²) >= 11 is 0. The maximum absolute atomic E-state index is 12.8. The highest BCUT2D eigenvalue weighted by molar-refractivity contribution is 5.89. The number of piperidine rings is 1. The average Bonchev–Trinajstić information content (AvgIpc) is 3.10. The van der Waals surface area contributed by atoms with Crippen LogP contribution < -0.4 is 0 Å². The topological polar surface area (TPSA) is 49.9 Å². The van der Waals surface area contributed by atoms with Crippen LogP contribution in [0.3, 0.4) is 0 Å². The summed E-state index contributed by atoms with van der Waals surface area (Å²) in [5.74, 6) is -0.372. The molecule has 2 aromatic carbocycles. The second kappa shape index (κ2) is 9.70. The van der Waals surface area contributed by atoms with E-state index in [0.29, 0.717) is 6.54 Å². The molecular formula is C27H32N2O3. The van der Waals surface area contributed by atoms with Crippen molar-refractivity contribution < 1.29 is 14.3 Å². The van der Waals surface area contributed by atoms with Crippen LogP contribution >= 0.6 is 0 Å². The lowest BCUT2D eigenvalue weighted by atomic mass is 9.76. The van der Waals surface area contributed by atoms with Crippen molar-refractivity contribution in [3.05, 3.63) is 84.4 Å². The first-order valence-electron chi connectivity index (χ1n) is 11.4. The predicted octanol–water partition coefficient (Wildman–Crippen LogP) is 3.86. The van der Waals surface area contributed by atoms with Crippen LogP contribution in [0.5, 0.6) is 0 Å². The zero-order valence-electron chi connectivity index (χ0n) is 18.8. The monoisotopic (exact) mass is 432 g/mol. The number of ether oxygens (including phenoxy) is 1. The zero-order chi connectivity index (χ0) is 22.6. The largest absolute Gasteiger partial charge is 0.469 e. The first-order chi connectivity index (χ1) is 15.6. The molecule has 2 aliphatic rings. The number of carbonyl (C=O) groups is 2. The van der Waals surface area contributed by atoms with Crippen LogP contribution in [0.2, 0.25) is 0 Å². The molecule has 2 fully saturated rings. The van der Waals surface area contributed by atoms with Gasteiger partial charge in [-0.2, -0.15) is 0 Å². The van der Waals surface area contributed by atoms with Crippen LogP contribution in [0.4, 0.5) is 0 Å². The number of rotatable bonds is 7. The molecule has 1 amide bonds. The van der Waals surface area contributed by atoms with Gasteiger partial charge >= 0.3 is 5.97 Å². The molecule has 1 unspecified atom stereocenters. The summed E-state index contributed by atoms with van der Waals surface area (Å²) in [7, 11) is 1.41. The Morgan fingerprint density at radius 2 is 1.66 bits per heavy atom. The second-order valence-corrected chi connectivity index (χ2v) is 8.85. The van der Waals surface area contributed by atoms with Crippen molar-refractivity contribution in [3.63, 3.8) is 0 Å². The Morgan fingerprint density at radius 3 is 2.16 bits per heavy atom. The van der Waals surface area contributed by atoms with Gasteiger partial charge in [-0.25, -0.2) is 0 Å². The molecular weight excluding hydrogens is 400 g/mol. The normalized spacial score (nSPS) is 20.6. The molecule has 2 heterocycles. The lowest BCUT2D eigenvalue weighted by Gasteiger charge is -2.47. The van der Waals surface area contributed by atoms with Crippen molar-refractivity contribution in [2.45, 2.75) is 30.7 Å². The summed E-state index contributed by atoms with van der Waals surface area (Å²) in [5.41, 5.74) is 2.13. The van der Waals surface area contributed by atoms with Crippen molar-refractivity contribution in [2.24, 2.45) is 5.92 Å². The fraction of sp³-hybridized carbons (Fsp3) is 0.407. The molecule has 32 heavy (non-hydrogen) atoms. The molecule has 0 saturated carbocycles. The van der Waals surface area contributed by atoms with Crippen molar-refractivity contribution >= 4 is 11.9 Å². The van der Waals surface area contributed by atoms with Crippen LogP contribution in [-0.2, 0) is 14.3 Å². The fourth-order valence-electron chi connectivity index (χ4n) is 5.54. The van der Waals surface area contributed by atoms with Crippen molar-refractivity contribution in [2.75, 3.05) is 33.3 Å². The van der Waals surface area contributed by atoms with Crippen LogP contribution in [0.1, 0.15) is 36.3 Å². The molecule has 2 aromatic rings. The minimum Gasteiger partial charge on any atom is -0.469 e. The summed E-state index contributed by atoms with van der Waals surface area (Å²) in [6.07, 6.45) is 3.52. The van der Waals surface area contributed by atoms with Gasteiger partial charge in [0.1, 0.15) is 0 Å². The molecule has 5 heteroatoms. The van der Waals surface area contributed by atoms with Gasteiger partial charge in [-0.05, 0) is 24.0 Å². The first-order valence-corrected chi connectivity index (χ1v) is 11.4. The SMILES string of the molecule is C=CCN1C(=O)CC(C(=O)OC)C12CCN(CC(c1ccccc1)c1ccccc1)CC2. The van der Waals surface area contributed by atoms with E-state index in [2.05, 4.69) is 72.1 Å². The van der Waals surface area contributed by atoms with Crippen LogP contribution in [0.15, 0.2) is 73.3 Å². The van der Waals surface area contributed by atoms with Crippen molar-refractivity contribution in [1.29, 1.82) is 0 Å². The van der Waals surface area contributed by atoms with Gasteiger partial charge < -0.3 is 14.5 Å². The molecule has 0 radical (unpaired) electrons. The molecule has 0 bridgehead atoms. The van der Waals surface area contributed by atoms with Gasteiger partial charge in [-0.1, -0.05) is 66.7 Å². The summed E-state index contributed by atoms with van der Waals surface area (Å²) in [6.45, 7) is 6.88. The summed E-state index contributed by atoms with van der Waals surface area (Å²) in [6, 6.07) is 21.2. The Morgan fingerprint density at radius 1 is 1.09 bits per heavy atom. The molecule has 1 spiro atoms. The van der Waals surface area contributed by atoms with E-state index in [1.54, 1.807) is 6.08 Å². The maximum Gasteiger partial charge on any atom is 0.311 e. The van der Waals surface area contributed by atoms with E-state index in [1.807, 2.05) is 4.90 Å². The summed E-state index contributed by atoms with van der Waals surface area (Å²) in [4.78, 5) is 29.7. The highest BCUT2D eigenvalue weighted by atomic mass is 16.5. The van der Waals surface area contributed by atoms with Crippen LogP contribution in [-0.4, -0.2) is 60.5 Å². The Kier molecular flexibility index (Phi) is 6.75. The Labute approximate surface area is 190 Å². The van der Waals surface area contributed by atoms with Gasteiger partial charge in [-0.3, -0.25) is 9.59 Å². The van der Waals surface area contributed by atoms with Crippen molar-refractivity contribution in [3.8, 4) is 0 Å². The van der Waals surface area contributed by atoms with Gasteiger partial charge in [0, 0.05) is 38.5 Å². The minimum atomic E-state index is -0.468. The molecule has 0 N–H and O–H groups in total. The number of benzene rings is 2. The summed E-state index contributed by atoms with van der Waals surface area (Å²) < 4.78 is 5.09. The summed E-state index contributed by atoms with van der Waals surface area (Å²) in [5, 5.41) is 0. The minimum absolute atomic E-state index is 0.0280. The number of hydrogen-bond acceptors (Lipinski definition) is 4. The van der Waals surface area contributed by atoms with Gasteiger partial charge in [-0.15, -0.1) is 6.58 Å². The van der Waals surface area contributed by atoms with Gasteiger partial charge in [0.25, 0.3) is 0 Å². The molecule has 0 aliphatic carbocycles. The van der Waals surface area contributed by atoms with E-state index < -0.39 is 11.5 Å². The number of methoxy groups -OCH3 is 1. The standard InChI is InChI=1S/C27H32N2O3/c1-3-16-29-25(30)19-24(26(31)32-2)27(29)14-17-28(18-15-27)20-23(21-10-6-4-7-11-21)22-12-8-5-9-13-22/h3-13,23-24H,1,14-20H2,2H3. The molecule has 5 nitrogen and oxygen atoms in total. The van der Waals surface area contributed by atoms with E-state index >= 15 is 0 Å². The number of esters is 1. The van der Waals surface area contributed by atoms with E-state index in [9.17, 15) is 9.59 Å². The number of hydrogen-bond donors (Lipinski definition) is 0. The quantitative estimate of drug-likeness (QED) is 0.492. The lowest BCUT2D eigenvalue weighted by molar-refractivity contribution is -0.150. The second-order valence-electron chi connectivity index (χ2n) is 8.85. The molecule has 2 aliphatic heterocycles. The molecule has 1 atom stereocenters.